The summed E-state index contributed by atoms with van der Waals surface area (Å²) >= 11 is 0. The Labute approximate surface area is 206 Å². The molecule has 0 bridgehead atoms. The molecule has 1 fully saturated rings. The Morgan fingerprint density at radius 3 is 2.58 bits per heavy atom. The fourth-order valence-corrected chi connectivity index (χ4v) is 4.53. The first-order valence-electron chi connectivity index (χ1n) is 11.9. The van der Waals surface area contributed by atoms with Crippen LogP contribution in [0.3, 0.4) is 0 Å². The average Bonchev–Trinajstić information content (AvgIpc) is 3.41. The summed E-state index contributed by atoms with van der Waals surface area (Å²) in [6, 6.07) is 16.8. The van der Waals surface area contributed by atoms with Crippen molar-refractivity contribution < 1.29 is 14.3 Å². The largest absolute Gasteiger partial charge is 0.454 e. The SMILES string of the molecule is O=C(CCn1cnc2ccccc2c1=O)N1CCN(c2ccc(-c3ccc4c(c3)OCO4)nn2)CC1. The first-order valence-corrected chi connectivity index (χ1v) is 11.9. The molecule has 0 spiro atoms. The van der Waals surface area contributed by atoms with Gasteiger partial charge >= 0.3 is 0 Å². The number of hydrogen-bond donors (Lipinski definition) is 0. The van der Waals surface area contributed by atoms with Crippen LogP contribution < -0.4 is 19.9 Å². The number of carbonyl (C=O) groups is 1. The van der Waals surface area contributed by atoms with Crippen LogP contribution in [0, 0.1) is 0 Å². The number of ether oxygens (including phenoxy) is 2. The Kier molecular flexibility index (Phi) is 5.68. The van der Waals surface area contributed by atoms with Crippen LogP contribution in [0.15, 0.2) is 65.7 Å². The van der Waals surface area contributed by atoms with Crippen molar-refractivity contribution in [2.75, 3.05) is 37.9 Å². The number of rotatable bonds is 5. The van der Waals surface area contributed by atoms with E-state index >= 15 is 0 Å². The van der Waals surface area contributed by atoms with Gasteiger partial charge in [0.25, 0.3) is 5.56 Å². The van der Waals surface area contributed by atoms with E-state index in [2.05, 4.69) is 20.1 Å². The van der Waals surface area contributed by atoms with Gasteiger partial charge in [0.05, 0.1) is 22.9 Å². The van der Waals surface area contributed by atoms with Crippen molar-refractivity contribution in [2.24, 2.45) is 0 Å². The van der Waals surface area contributed by atoms with Gasteiger partial charge in [-0.2, -0.15) is 0 Å². The summed E-state index contributed by atoms with van der Waals surface area (Å²) in [6.45, 7) is 3.06. The maximum absolute atomic E-state index is 12.8. The number of amides is 1. The Morgan fingerprint density at radius 2 is 1.75 bits per heavy atom. The number of aryl methyl sites for hydroxylation is 1. The molecular formula is C26H24N6O4. The van der Waals surface area contributed by atoms with E-state index < -0.39 is 0 Å². The Bertz CT molecular complexity index is 1480. The quantitative estimate of drug-likeness (QED) is 0.425. The van der Waals surface area contributed by atoms with Gasteiger partial charge in [-0.15, -0.1) is 10.2 Å². The highest BCUT2D eigenvalue weighted by Crippen LogP contribution is 2.35. The lowest BCUT2D eigenvalue weighted by Crippen LogP contribution is -2.49. The molecule has 1 saturated heterocycles. The maximum atomic E-state index is 12.8. The number of carbonyl (C=O) groups excluding carboxylic acids is 1. The minimum Gasteiger partial charge on any atom is -0.454 e. The number of benzene rings is 2. The van der Waals surface area contributed by atoms with Crippen LogP contribution in [0.4, 0.5) is 5.82 Å². The van der Waals surface area contributed by atoms with E-state index in [0.29, 0.717) is 49.4 Å². The maximum Gasteiger partial charge on any atom is 0.261 e. The number of hydrogen-bond acceptors (Lipinski definition) is 8. The molecule has 10 nitrogen and oxygen atoms in total. The zero-order valence-electron chi connectivity index (χ0n) is 19.5. The van der Waals surface area contributed by atoms with Crippen molar-refractivity contribution in [1.82, 2.24) is 24.6 Å². The number of fused-ring (bicyclic) bond motifs is 2. The van der Waals surface area contributed by atoms with E-state index in [1.165, 1.54) is 10.9 Å². The van der Waals surface area contributed by atoms with Gasteiger partial charge in [-0.3, -0.25) is 14.2 Å². The van der Waals surface area contributed by atoms with E-state index in [1.54, 1.807) is 12.1 Å². The zero-order chi connectivity index (χ0) is 24.5. The van der Waals surface area contributed by atoms with Gasteiger partial charge in [0.1, 0.15) is 0 Å². The van der Waals surface area contributed by atoms with Gasteiger partial charge in [-0.05, 0) is 42.5 Å². The van der Waals surface area contributed by atoms with Crippen LogP contribution in [0.5, 0.6) is 11.5 Å². The van der Waals surface area contributed by atoms with Crippen LogP contribution in [0.25, 0.3) is 22.2 Å². The second-order valence-corrected chi connectivity index (χ2v) is 8.72. The van der Waals surface area contributed by atoms with Crippen molar-refractivity contribution in [2.45, 2.75) is 13.0 Å². The van der Waals surface area contributed by atoms with Gasteiger partial charge in [0.2, 0.25) is 12.7 Å². The number of nitrogens with zero attached hydrogens (tertiary/aromatic N) is 6. The first kappa shape index (κ1) is 22.0. The molecule has 0 N–H and O–H groups in total. The third-order valence-corrected chi connectivity index (χ3v) is 6.57. The summed E-state index contributed by atoms with van der Waals surface area (Å²) in [5, 5.41) is 9.36. The normalized spacial score (nSPS) is 14.9. The molecule has 0 atom stereocenters. The molecule has 4 aromatic rings. The molecule has 182 valence electrons. The molecule has 0 aliphatic carbocycles. The fraction of sp³-hybridized carbons (Fsp3) is 0.269. The molecule has 6 rings (SSSR count). The van der Waals surface area contributed by atoms with Crippen molar-refractivity contribution >= 4 is 22.6 Å². The highest BCUT2D eigenvalue weighted by molar-refractivity contribution is 5.78. The summed E-state index contributed by atoms with van der Waals surface area (Å²) in [5.41, 5.74) is 2.20. The zero-order valence-corrected chi connectivity index (χ0v) is 19.5. The molecule has 0 radical (unpaired) electrons. The smallest absolute Gasteiger partial charge is 0.261 e. The van der Waals surface area contributed by atoms with Crippen molar-refractivity contribution in [3.8, 4) is 22.8 Å². The average molecular weight is 485 g/mol. The van der Waals surface area contributed by atoms with E-state index in [4.69, 9.17) is 9.47 Å². The molecule has 2 aromatic carbocycles. The summed E-state index contributed by atoms with van der Waals surface area (Å²) in [6.07, 6.45) is 1.77. The lowest BCUT2D eigenvalue weighted by molar-refractivity contribution is -0.131. The monoisotopic (exact) mass is 484 g/mol. The first-order chi connectivity index (χ1) is 17.7. The minimum atomic E-state index is -0.124. The Hall–Kier alpha value is -4.47. The standard InChI is InChI=1S/C26H24N6O4/c33-25(9-10-32-16-27-21-4-2-1-3-19(21)26(32)34)31-13-11-30(12-14-31)24-8-6-20(28-29-24)18-5-7-22-23(15-18)36-17-35-22/h1-8,15-16H,9-14,17H2. The van der Waals surface area contributed by atoms with E-state index in [9.17, 15) is 9.59 Å². The summed E-state index contributed by atoms with van der Waals surface area (Å²) in [7, 11) is 0. The number of anilines is 1. The second kappa shape index (κ2) is 9.29. The lowest BCUT2D eigenvalue weighted by Gasteiger charge is -2.35. The summed E-state index contributed by atoms with van der Waals surface area (Å²) < 4.78 is 12.3. The van der Waals surface area contributed by atoms with Gasteiger partial charge in [0, 0.05) is 44.7 Å². The van der Waals surface area contributed by atoms with Crippen molar-refractivity contribution in [3.05, 3.63) is 71.3 Å². The van der Waals surface area contributed by atoms with Crippen LogP contribution in [0.2, 0.25) is 0 Å². The molecule has 10 heteroatoms. The van der Waals surface area contributed by atoms with E-state index in [1.807, 2.05) is 47.4 Å². The Morgan fingerprint density at radius 1 is 0.917 bits per heavy atom. The third-order valence-electron chi connectivity index (χ3n) is 6.57. The van der Waals surface area contributed by atoms with Gasteiger partial charge in [-0.1, -0.05) is 12.1 Å². The Balaban J connectivity index is 1.04. The molecule has 1 amide bonds. The van der Waals surface area contributed by atoms with Crippen molar-refractivity contribution in [3.63, 3.8) is 0 Å². The van der Waals surface area contributed by atoms with Gasteiger partial charge in [0.15, 0.2) is 17.3 Å². The second-order valence-electron chi connectivity index (χ2n) is 8.72. The summed E-state index contributed by atoms with van der Waals surface area (Å²) in [5.74, 6) is 2.25. The topological polar surface area (TPSA) is 103 Å². The van der Waals surface area contributed by atoms with Gasteiger partial charge < -0.3 is 19.3 Å². The number of para-hydroxylation sites is 1. The van der Waals surface area contributed by atoms with Crippen molar-refractivity contribution in [1.29, 1.82) is 0 Å². The predicted molar refractivity (Wildman–Crippen MR) is 133 cm³/mol. The fourth-order valence-electron chi connectivity index (χ4n) is 4.53. The molecule has 2 aliphatic heterocycles. The minimum absolute atomic E-state index is 0.0268. The van der Waals surface area contributed by atoms with Crippen LogP contribution in [-0.4, -0.2) is 63.5 Å². The number of aromatic nitrogens is 4. The summed E-state index contributed by atoms with van der Waals surface area (Å²) in [4.78, 5) is 33.7. The molecule has 4 heterocycles. The van der Waals surface area contributed by atoms with Crippen LogP contribution >= 0.6 is 0 Å². The molecule has 2 aliphatic rings. The number of piperazine rings is 1. The molecule has 0 saturated carbocycles. The van der Waals surface area contributed by atoms with E-state index in [0.717, 1.165) is 22.8 Å². The van der Waals surface area contributed by atoms with Crippen LogP contribution in [0.1, 0.15) is 6.42 Å². The third kappa shape index (κ3) is 4.21. The lowest BCUT2D eigenvalue weighted by atomic mass is 10.1. The molecule has 36 heavy (non-hydrogen) atoms. The molecule has 0 unspecified atom stereocenters. The van der Waals surface area contributed by atoms with Gasteiger partial charge in [-0.25, -0.2) is 4.98 Å². The van der Waals surface area contributed by atoms with E-state index in [-0.39, 0.29) is 24.7 Å². The predicted octanol–water partition coefficient (Wildman–Crippen LogP) is 2.32. The van der Waals surface area contributed by atoms with Crippen LogP contribution in [-0.2, 0) is 11.3 Å². The highest BCUT2D eigenvalue weighted by atomic mass is 16.7. The highest BCUT2D eigenvalue weighted by Gasteiger charge is 2.22. The molecular weight excluding hydrogens is 460 g/mol. The molecule has 2 aromatic heterocycles.